The molecular weight excluding hydrogens is 558 g/mol. The number of piperidine rings is 2. The van der Waals surface area contributed by atoms with Crippen LogP contribution in [-0.2, 0) is 16.1 Å². The number of benzene rings is 2. The number of fused-ring (bicyclic) bond motifs is 2. The first-order chi connectivity index (χ1) is 21.3. The summed E-state index contributed by atoms with van der Waals surface area (Å²) in [6.07, 6.45) is 4.72. The van der Waals surface area contributed by atoms with E-state index in [0.717, 1.165) is 66.3 Å². The maximum atomic E-state index is 13.2. The molecule has 4 fully saturated rings. The highest BCUT2D eigenvalue weighted by molar-refractivity contribution is 6.23. The van der Waals surface area contributed by atoms with Gasteiger partial charge in [-0.05, 0) is 81.1 Å². The van der Waals surface area contributed by atoms with Crippen LogP contribution in [0.25, 0.3) is 0 Å². The number of carbonyl (C=O) groups excluding carboxylic acids is 5. The van der Waals surface area contributed by atoms with Gasteiger partial charge in [0.2, 0.25) is 11.8 Å². The summed E-state index contributed by atoms with van der Waals surface area (Å²) in [4.78, 5) is 68.0. The second-order valence-electron chi connectivity index (χ2n) is 13.2. The molecule has 0 radical (unpaired) electrons. The van der Waals surface area contributed by atoms with E-state index >= 15 is 0 Å². The Kier molecular flexibility index (Phi) is 6.17. The van der Waals surface area contributed by atoms with E-state index in [0.29, 0.717) is 35.0 Å². The second kappa shape index (κ2) is 10.0. The van der Waals surface area contributed by atoms with Crippen molar-refractivity contribution in [2.24, 2.45) is 11.3 Å². The summed E-state index contributed by atoms with van der Waals surface area (Å²) in [7, 11) is 0. The molecule has 1 spiro atoms. The summed E-state index contributed by atoms with van der Waals surface area (Å²) in [5.74, 6) is 5.21. The van der Waals surface area contributed by atoms with E-state index in [1.807, 2.05) is 24.3 Å². The molecule has 2 aromatic rings. The molecule has 0 aromatic heterocycles. The number of likely N-dealkylation sites (tertiary alicyclic amines) is 1. The number of anilines is 1. The van der Waals surface area contributed by atoms with Gasteiger partial charge in [0, 0.05) is 60.2 Å². The molecule has 1 atom stereocenters. The minimum absolute atomic E-state index is 0.0120. The Bertz CT molecular complexity index is 1700. The van der Waals surface area contributed by atoms with Gasteiger partial charge in [-0.25, -0.2) is 0 Å². The number of hydrogen-bond acceptors (Lipinski definition) is 7. The van der Waals surface area contributed by atoms with E-state index in [9.17, 15) is 24.0 Å². The van der Waals surface area contributed by atoms with E-state index < -0.39 is 23.8 Å². The molecule has 8 rings (SSSR count). The minimum atomic E-state index is -0.950. The first-order valence-corrected chi connectivity index (χ1v) is 15.5. The Hall–Kier alpha value is -4.49. The lowest BCUT2D eigenvalue weighted by Gasteiger charge is -2.62. The van der Waals surface area contributed by atoms with Crippen molar-refractivity contribution in [1.29, 1.82) is 0 Å². The maximum absolute atomic E-state index is 13.2. The number of imide groups is 2. The lowest BCUT2D eigenvalue weighted by atomic mass is 9.60. The van der Waals surface area contributed by atoms with Gasteiger partial charge in [-0.15, -0.1) is 0 Å². The number of hydrogen-bond donors (Lipinski definition) is 2. The molecule has 224 valence electrons. The van der Waals surface area contributed by atoms with Crippen molar-refractivity contribution in [2.75, 3.05) is 31.1 Å². The van der Waals surface area contributed by atoms with Gasteiger partial charge in [0.05, 0.1) is 11.1 Å². The Morgan fingerprint density at radius 1 is 0.841 bits per heavy atom. The number of carbonyl (C=O) groups is 5. The smallest absolute Gasteiger partial charge is 0.262 e. The van der Waals surface area contributed by atoms with Crippen LogP contribution in [0.4, 0.5) is 5.69 Å². The maximum Gasteiger partial charge on any atom is 0.262 e. The first kappa shape index (κ1) is 27.1. The lowest BCUT2D eigenvalue weighted by Crippen LogP contribution is -2.67. The van der Waals surface area contributed by atoms with Crippen LogP contribution >= 0.6 is 0 Å². The van der Waals surface area contributed by atoms with Gasteiger partial charge >= 0.3 is 0 Å². The third-order valence-corrected chi connectivity index (χ3v) is 10.4. The Morgan fingerprint density at radius 2 is 1.61 bits per heavy atom. The molecule has 1 unspecified atom stereocenters. The van der Waals surface area contributed by atoms with E-state index in [4.69, 9.17) is 0 Å². The quantitative estimate of drug-likeness (QED) is 0.415. The molecule has 2 aromatic carbocycles. The minimum Gasteiger partial charge on any atom is -0.370 e. The number of nitrogens with zero attached hydrogens (tertiary/aromatic N) is 3. The molecule has 5 aliphatic heterocycles. The molecule has 3 saturated heterocycles. The molecule has 5 amide bonds. The van der Waals surface area contributed by atoms with Crippen LogP contribution in [0.15, 0.2) is 36.4 Å². The molecule has 5 heterocycles. The van der Waals surface area contributed by atoms with E-state index in [2.05, 4.69) is 32.3 Å². The fourth-order valence-corrected chi connectivity index (χ4v) is 7.94. The van der Waals surface area contributed by atoms with Crippen molar-refractivity contribution in [3.05, 3.63) is 64.2 Å². The highest BCUT2D eigenvalue weighted by atomic mass is 16.2. The zero-order chi connectivity index (χ0) is 30.2. The lowest BCUT2D eigenvalue weighted by molar-refractivity contribution is -0.136. The number of nitrogens with one attached hydrogen (secondary N) is 2. The molecule has 10 heteroatoms. The van der Waals surface area contributed by atoms with Gasteiger partial charge < -0.3 is 15.1 Å². The van der Waals surface area contributed by atoms with Crippen LogP contribution in [0.2, 0.25) is 0 Å². The standard InChI is InChI=1S/C34H33N5O5/c40-29-8-7-28(31(42)36-29)39-32(43)25-6-5-23(14-27(25)33(39)44)38-18-34(19-38)15-24(16-34)37-11-9-20(10-12-37)1-2-21-3-4-22-17-35-30(41)26(22)13-21/h3-6,13-14,20,24,28H,7-12,15-19H2,(H,35,41)(H,36,40,42). The Balaban J connectivity index is 0.835. The van der Waals surface area contributed by atoms with Crippen molar-refractivity contribution in [1.82, 2.24) is 20.4 Å². The molecular formula is C34H33N5O5. The van der Waals surface area contributed by atoms with Gasteiger partial charge in [-0.1, -0.05) is 17.9 Å². The first-order valence-electron chi connectivity index (χ1n) is 15.5. The van der Waals surface area contributed by atoms with Crippen molar-refractivity contribution < 1.29 is 24.0 Å². The summed E-state index contributed by atoms with van der Waals surface area (Å²) in [5, 5.41) is 5.10. The third-order valence-electron chi connectivity index (χ3n) is 10.4. The van der Waals surface area contributed by atoms with E-state index in [-0.39, 0.29) is 24.7 Å². The highest BCUT2D eigenvalue weighted by Gasteiger charge is 2.54. The van der Waals surface area contributed by atoms with Gasteiger partial charge in [-0.3, -0.25) is 34.2 Å². The summed E-state index contributed by atoms with van der Waals surface area (Å²) in [6, 6.07) is 10.9. The van der Waals surface area contributed by atoms with Gasteiger partial charge in [-0.2, -0.15) is 0 Å². The van der Waals surface area contributed by atoms with Crippen LogP contribution < -0.4 is 15.5 Å². The van der Waals surface area contributed by atoms with Crippen LogP contribution in [0.1, 0.15) is 80.7 Å². The molecule has 2 N–H and O–H groups in total. The topological polar surface area (TPSA) is 119 Å². The largest absolute Gasteiger partial charge is 0.370 e. The Labute approximate surface area is 255 Å². The van der Waals surface area contributed by atoms with E-state index in [1.54, 1.807) is 12.1 Å². The molecule has 44 heavy (non-hydrogen) atoms. The van der Waals surface area contributed by atoms with Crippen LogP contribution in [0.5, 0.6) is 0 Å². The monoisotopic (exact) mass is 591 g/mol. The number of rotatable bonds is 3. The fourth-order valence-electron chi connectivity index (χ4n) is 7.94. The van der Waals surface area contributed by atoms with Crippen molar-refractivity contribution >= 4 is 35.2 Å². The highest BCUT2D eigenvalue weighted by Crippen LogP contribution is 2.52. The SMILES string of the molecule is O=C1CCC(N2C(=O)c3ccc(N4CC5(CC(N6CCC(C#Cc7ccc8c(c7)C(=O)NC8)CC6)C5)C4)cc3C2=O)C(=O)N1. The second-order valence-corrected chi connectivity index (χ2v) is 13.2. The summed E-state index contributed by atoms with van der Waals surface area (Å²) >= 11 is 0. The fraction of sp³-hybridized carbons (Fsp3) is 0.441. The summed E-state index contributed by atoms with van der Waals surface area (Å²) in [5.41, 5.74) is 4.57. The zero-order valence-electron chi connectivity index (χ0n) is 24.4. The third kappa shape index (κ3) is 4.41. The Morgan fingerprint density at radius 3 is 2.39 bits per heavy atom. The van der Waals surface area contributed by atoms with Gasteiger partial charge in [0.1, 0.15) is 6.04 Å². The van der Waals surface area contributed by atoms with Crippen LogP contribution in [0.3, 0.4) is 0 Å². The van der Waals surface area contributed by atoms with Crippen LogP contribution in [0, 0.1) is 23.2 Å². The normalized spacial score (nSPS) is 24.7. The summed E-state index contributed by atoms with van der Waals surface area (Å²) in [6.45, 7) is 4.58. The average Bonchev–Trinajstić information content (AvgIpc) is 3.47. The zero-order valence-corrected chi connectivity index (χ0v) is 24.4. The molecule has 1 saturated carbocycles. The predicted octanol–water partition coefficient (Wildman–Crippen LogP) is 2.06. The predicted molar refractivity (Wildman–Crippen MR) is 160 cm³/mol. The van der Waals surface area contributed by atoms with Crippen LogP contribution in [-0.4, -0.2) is 77.6 Å². The van der Waals surface area contributed by atoms with Gasteiger partial charge in [0.25, 0.3) is 17.7 Å². The van der Waals surface area contributed by atoms with Gasteiger partial charge in [0.15, 0.2) is 0 Å². The van der Waals surface area contributed by atoms with Crippen molar-refractivity contribution in [3.63, 3.8) is 0 Å². The summed E-state index contributed by atoms with van der Waals surface area (Å²) < 4.78 is 0. The molecule has 1 aliphatic carbocycles. The van der Waals surface area contributed by atoms with Crippen molar-refractivity contribution in [2.45, 2.75) is 57.2 Å². The molecule has 6 aliphatic rings. The van der Waals surface area contributed by atoms with Crippen molar-refractivity contribution in [3.8, 4) is 11.8 Å². The van der Waals surface area contributed by atoms with E-state index in [1.165, 1.54) is 12.8 Å². The molecule has 10 nitrogen and oxygen atoms in total. The average molecular weight is 592 g/mol. The molecule has 0 bridgehead atoms. The number of amides is 5.